The highest BCUT2D eigenvalue weighted by molar-refractivity contribution is 5.42. The van der Waals surface area contributed by atoms with Crippen LogP contribution in [0.3, 0.4) is 0 Å². The Morgan fingerprint density at radius 2 is 1.84 bits per heavy atom. The van der Waals surface area contributed by atoms with Crippen molar-refractivity contribution in [3.8, 4) is 11.5 Å². The van der Waals surface area contributed by atoms with Gasteiger partial charge in [-0.2, -0.15) is 0 Å². The van der Waals surface area contributed by atoms with Gasteiger partial charge in [0.1, 0.15) is 0 Å². The van der Waals surface area contributed by atoms with Gasteiger partial charge >= 0.3 is 0 Å². The molecule has 0 spiro atoms. The number of unbranched alkanes of at least 4 members (excludes halogenated alkanes) is 1. The van der Waals surface area contributed by atoms with Gasteiger partial charge in [0.25, 0.3) is 0 Å². The van der Waals surface area contributed by atoms with E-state index in [4.69, 9.17) is 9.47 Å². The molecule has 0 fully saturated rings. The third-order valence-corrected chi connectivity index (χ3v) is 3.12. The number of ether oxygens (including phenoxy) is 2. The maximum atomic E-state index is 5.32. The number of benzene rings is 1. The zero-order valence-corrected chi connectivity index (χ0v) is 12.5. The number of nitrogens with zero attached hydrogens (tertiary/aromatic N) is 1. The second kappa shape index (κ2) is 8.77. The first-order chi connectivity index (χ1) is 9.21. The lowest BCUT2D eigenvalue weighted by Crippen LogP contribution is -2.20. The normalized spacial score (nSPS) is 10.8. The van der Waals surface area contributed by atoms with Crippen LogP contribution in [-0.4, -0.2) is 46.3 Å². The largest absolute Gasteiger partial charge is 0.493 e. The molecule has 0 saturated carbocycles. The van der Waals surface area contributed by atoms with Gasteiger partial charge in [0, 0.05) is 6.54 Å². The number of nitrogens with one attached hydrogen (secondary N) is 1. The van der Waals surface area contributed by atoms with Crippen LogP contribution in [0.5, 0.6) is 11.5 Å². The zero-order chi connectivity index (χ0) is 14.1. The van der Waals surface area contributed by atoms with Crippen LogP contribution < -0.4 is 14.8 Å². The minimum Gasteiger partial charge on any atom is -0.493 e. The average molecular weight is 266 g/mol. The molecule has 1 rings (SSSR count). The van der Waals surface area contributed by atoms with Crippen LogP contribution in [0.25, 0.3) is 0 Å². The molecule has 19 heavy (non-hydrogen) atoms. The second-order valence-corrected chi connectivity index (χ2v) is 4.74. The van der Waals surface area contributed by atoms with Crippen molar-refractivity contribution in [2.45, 2.75) is 19.4 Å². The molecule has 1 aromatic carbocycles. The quantitative estimate of drug-likeness (QED) is 0.694. The van der Waals surface area contributed by atoms with E-state index in [1.54, 1.807) is 14.2 Å². The first-order valence-corrected chi connectivity index (χ1v) is 6.75. The molecule has 0 radical (unpaired) electrons. The van der Waals surface area contributed by atoms with Gasteiger partial charge in [0.2, 0.25) is 0 Å². The molecule has 108 valence electrons. The van der Waals surface area contributed by atoms with Gasteiger partial charge in [-0.05, 0) is 57.7 Å². The number of hydrogen-bond acceptors (Lipinski definition) is 4. The molecule has 0 aliphatic rings. The van der Waals surface area contributed by atoms with Gasteiger partial charge < -0.3 is 19.7 Å². The molecule has 0 heterocycles. The summed E-state index contributed by atoms with van der Waals surface area (Å²) >= 11 is 0. The summed E-state index contributed by atoms with van der Waals surface area (Å²) in [5.41, 5.74) is 1.24. The number of rotatable bonds is 9. The fourth-order valence-corrected chi connectivity index (χ4v) is 2.05. The Balaban J connectivity index is 2.47. The minimum absolute atomic E-state index is 0.780. The lowest BCUT2D eigenvalue weighted by atomic mass is 10.2. The highest BCUT2D eigenvalue weighted by Gasteiger charge is 2.06. The third kappa shape index (κ3) is 5.49. The summed E-state index contributed by atoms with van der Waals surface area (Å²) < 4.78 is 10.6. The van der Waals surface area contributed by atoms with E-state index in [0.29, 0.717) is 0 Å². The predicted octanol–water partition coefficient (Wildman–Crippen LogP) is 2.14. The van der Waals surface area contributed by atoms with E-state index in [2.05, 4.69) is 23.3 Å². The van der Waals surface area contributed by atoms with Gasteiger partial charge in [-0.15, -0.1) is 0 Å². The molecular formula is C15H26N2O2. The van der Waals surface area contributed by atoms with Crippen LogP contribution >= 0.6 is 0 Å². The fraction of sp³-hybridized carbons (Fsp3) is 0.600. The van der Waals surface area contributed by atoms with Crippen molar-refractivity contribution in [2.75, 3.05) is 41.4 Å². The molecular weight excluding hydrogens is 240 g/mol. The molecule has 4 nitrogen and oxygen atoms in total. The van der Waals surface area contributed by atoms with E-state index in [1.165, 1.54) is 18.4 Å². The molecule has 0 aliphatic carbocycles. The molecule has 0 atom stereocenters. The van der Waals surface area contributed by atoms with E-state index in [1.807, 2.05) is 19.2 Å². The van der Waals surface area contributed by atoms with Crippen molar-refractivity contribution in [2.24, 2.45) is 0 Å². The molecule has 0 saturated heterocycles. The van der Waals surface area contributed by atoms with Crippen LogP contribution in [0.1, 0.15) is 18.4 Å². The Morgan fingerprint density at radius 3 is 2.47 bits per heavy atom. The van der Waals surface area contributed by atoms with Crippen LogP contribution in [0, 0.1) is 0 Å². The van der Waals surface area contributed by atoms with E-state index >= 15 is 0 Å². The third-order valence-electron chi connectivity index (χ3n) is 3.12. The van der Waals surface area contributed by atoms with Crippen molar-refractivity contribution >= 4 is 0 Å². The monoisotopic (exact) mass is 266 g/mol. The molecule has 0 bridgehead atoms. The highest BCUT2D eigenvalue weighted by atomic mass is 16.5. The van der Waals surface area contributed by atoms with Gasteiger partial charge in [-0.3, -0.25) is 0 Å². The Bertz CT molecular complexity index is 369. The van der Waals surface area contributed by atoms with Crippen LogP contribution in [0.15, 0.2) is 18.2 Å². The standard InChI is InChI=1S/C15H26N2O2/c1-16-9-5-6-10-17(2)12-13-7-8-14(18-3)15(11-13)19-4/h7-8,11,16H,5-6,9-10,12H2,1-4H3. The average Bonchev–Trinajstić information content (AvgIpc) is 2.43. The van der Waals surface area contributed by atoms with Gasteiger partial charge in [-0.25, -0.2) is 0 Å². The van der Waals surface area contributed by atoms with Crippen molar-refractivity contribution in [1.29, 1.82) is 0 Å². The van der Waals surface area contributed by atoms with E-state index in [9.17, 15) is 0 Å². The van der Waals surface area contributed by atoms with Gasteiger partial charge in [0.05, 0.1) is 14.2 Å². The summed E-state index contributed by atoms with van der Waals surface area (Å²) in [5.74, 6) is 1.58. The molecule has 0 aliphatic heterocycles. The Kier molecular flexibility index (Phi) is 7.30. The van der Waals surface area contributed by atoms with Crippen LogP contribution in [-0.2, 0) is 6.54 Å². The molecule has 0 aromatic heterocycles. The second-order valence-electron chi connectivity index (χ2n) is 4.74. The van der Waals surface area contributed by atoms with Crippen molar-refractivity contribution in [3.63, 3.8) is 0 Å². The summed E-state index contributed by atoms with van der Waals surface area (Å²) in [6.45, 7) is 3.13. The van der Waals surface area contributed by atoms with Crippen LogP contribution in [0.2, 0.25) is 0 Å². The van der Waals surface area contributed by atoms with Crippen molar-refractivity contribution in [1.82, 2.24) is 10.2 Å². The lowest BCUT2D eigenvalue weighted by Gasteiger charge is -2.17. The summed E-state index contributed by atoms with van der Waals surface area (Å²) in [5, 5.41) is 3.17. The molecule has 1 N–H and O–H groups in total. The first kappa shape index (κ1) is 15.8. The van der Waals surface area contributed by atoms with Crippen molar-refractivity contribution < 1.29 is 9.47 Å². The topological polar surface area (TPSA) is 33.7 Å². The van der Waals surface area contributed by atoms with E-state index in [-0.39, 0.29) is 0 Å². The van der Waals surface area contributed by atoms with Crippen LogP contribution in [0.4, 0.5) is 0 Å². The zero-order valence-electron chi connectivity index (χ0n) is 12.5. The summed E-state index contributed by atoms with van der Waals surface area (Å²) in [4.78, 5) is 2.33. The van der Waals surface area contributed by atoms with Gasteiger partial charge in [-0.1, -0.05) is 6.07 Å². The van der Waals surface area contributed by atoms with Crippen molar-refractivity contribution in [3.05, 3.63) is 23.8 Å². The predicted molar refractivity (Wildman–Crippen MR) is 79.0 cm³/mol. The Labute approximate surface area is 116 Å². The maximum Gasteiger partial charge on any atom is 0.161 e. The fourth-order valence-electron chi connectivity index (χ4n) is 2.05. The Hall–Kier alpha value is -1.26. The van der Waals surface area contributed by atoms with Gasteiger partial charge in [0.15, 0.2) is 11.5 Å². The SMILES string of the molecule is CNCCCCN(C)Cc1ccc(OC)c(OC)c1. The summed E-state index contributed by atoms with van der Waals surface area (Å²) in [6.07, 6.45) is 2.43. The summed E-state index contributed by atoms with van der Waals surface area (Å²) in [7, 11) is 7.47. The number of hydrogen-bond donors (Lipinski definition) is 1. The molecule has 0 unspecified atom stereocenters. The van der Waals surface area contributed by atoms with E-state index < -0.39 is 0 Å². The molecule has 1 aromatic rings. The maximum absolute atomic E-state index is 5.32. The lowest BCUT2D eigenvalue weighted by molar-refractivity contribution is 0.316. The summed E-state index contributed by atoms with van der Waals surface area (Å²) in [6, 6.07) is 6.09. The highest BCUT2D eigenvalue weighted by Crippen LogP contribution is 2.27. The smallest absolute Gasteiger partial charge is 0.161 e. The Morgan fingerprint density at radius 1 is 1.11 bits per heavy atom. The van der Waals surface area contributed by atoms with E-state index in [0.717, 1.165) is 31.1 Å². The molecule has 4 heteroatoms. The minimum atomic E-state index is 0.780. The molecule has 0 amide bonds. The number of methoxy groups -OCH3 is 2. The first-order valence-electron chi connectivity index (χ1n) is 6.75.